The van der Waals surface area contributed by atoms with Crippen LogP contribution in [-0.4, -0.2) is 29.9 Å². The minimum Gasteiger partial charge on any atom is -0.341 e. The third kappa shape index (κ3) is 2.11. The highest BCUT2D eigenvalue weighted by atomic mass is 32.1. The first kappa shape index (κ1) is 13.1. The maximum Gasteiger partial charge on any atom is 0.233 e. The van der Waals surface area contributed by atoms with E-state index in [4.69, 9.17) is 5.73 Å². The van der Waals surface area contributed by atoms with Gasteiger partial charge in [-0.2, -0.15) is 0 Å². The molecule has 3 nitrogen and oxygen atoms in total. The number of fused-ring (bicyclic) bond motifs is 1. The molecule has 0 bridgehead atoms. The van der Waals surface area contributed by atoms with Crippen LogP contribution in [0.5, 0.6) is 0 Å². The van der Waals surface area contributed by atoms with Gasteiger partial charge < -0.3 is 10.6 Å². The predicted molar refractivity (Wildman–Crippen MR) is 78.1 cm³/mol. The van der Waals surface area contributed by atoms with Crippen molar-refractivity contribution >= 4 is 17.2 Å². The van der Waals surface area contributed by atoms with E-state index >= 15 is 0 Å². The second-order valence-corrected chi connectivity index (χ2v) is 7.43. The van der Waals surface area contributed by atoms with E-state index < -0.39 is 5.41 Å². The Hall–Kier alpha value is -0.870. The van der Waals surface area contributed by atoms with Crippen molar-refractivity contribution in [3.8, 4) is 0 Å². The second kappa shape index (κ2) is 4.60. The third-order valence-corrected chi connectivity index (χ3v) is 6.06. The standard InChI is InChI=1S/C15H22N2OS/c1-15(2,13-4-3-7-19-13)14(18)17-8-10-5-6-12(16)11(10)9-17/h3-4,7,10-12H,5-6,8-9,16H2,1-2H3. The molecule has 4 heteroatoms. The lowest BCUT2D eigenvalue weighted by molar-refractivity contribution is -0.135. The van der Waals surface area contributed by atoms with Gasteiger partial charge in [-0.05, 0) is 50.0 Å². The maximum absolute atomic E-state index is 12.8. The summed E-state index contributed by atoms with van der Waals surface area (Å²) in [5, 5.41) is 2.04. The molecule has 19 heavy (non-hydrogen) atoms. The van der Waals surface area contributed by atoms with Gasteiger partial charge >= 0.3 is 0 Å². The topological polar surface area (TPSA) is 46.3 Å². The molecule has 1 saturated heterocycles. The molecule has 2 aliphatic rings. The van der Waals surface area contributed by atoms with Crippen LogP contribution < -0.4 is 5.73 Å². The van der Waals surface area contributed by atoms with E-state index in [1.165, 1.54) is 6.42 Å². The molecular weight excluding hydrogens is 256 g/mol. The lowest BCUT2D eigenvalue weighted by Gasteiger charge is -2.29. The number of thiophene rings is 1. The number of nitrogens with two attached hydrogens (primary N) is 1. The van der Waals surface area contributed by atoms with Crippen molar-refractivity contribution in [1.29, 1.82) is 0 Å². The van der Waals surface area contributed by atoms with Crippen molar-refractivity contribution in [3.63, 3.8) is 0 Å². The maximum atomic E-state index is 12.8. The van der Waals surface area contributed by atoms with Crippen molar-refractivity contribution in [1.82, 2.24) is 4.90 Å². The van der Waals surface area contributed by atoms with Crippen LogP contribution in [0, 0.1) is 11.8 Å². The zero-order valence-corrected chi connectivity index (χ0v) is 12.5. The fourth-order valence-corrected chi connectivity index (χ4v) is 4.45. The van der Waals surface area contributed by atoms with Gasteiger partial charge in [-0.15, -0.1) is 11.3 Å². The van der Waals surface area contributed by atoms with E-state index in [1.807, 2.05) is 30.2 Å². The van der Waals surface area contributed by atoms with E-state index in [0.29, 0.717) is 17.9 Å². The van der Waals surface area contributed by atoms with Crippen LogP contribution in [0.4, 0.5) is 0 Å². The van der Waals surface area contributed by atoms with E-state index in [2.05, 4.69) is 6.07 Å². The van der Waals surface area contributed by atoms with Crippen molar-refractivity contribution in [2.75, 3.05) is 13.1 Å². The zero-order valence-electron chi connectivity index (χ0n) is 11.6. The smallest absolute Gasteiger partial charge is 0.233 e. The highest BCUT2D eigenvalue weighted by Gasteiger charge is 2.45. The molecule has 3 atom stereocenters. The van der Waals surface area contributed by atoms with Crippen molar-refractivity contribution in [3.05, 3.63) is 22.4 Å². The Morgan fingerprint density at radius 2 is 2.21 bits per heavy atom. The van der Waals surface area contributed by atoms with Crippen LogP contribution in [0.1, 0.15) is 31.6 Å². The van der Waals surface area contributed by atoms with Gasteiger partial charge in [0.2, 0.25) is 5.91 Å². The van der Waals surface area contributed by atoms with E-state index in [0.717, 1.165) is 24.4 Å². The van der Waals surface area contributed by atoms with Gasteiger partial charge in [0.1, 0.15) is 0 Å². The number of carbonyl (C=O) groups excluding carboxylic acids is 1. The van der Waals surface area contributed by atoms with E-state index in [-0.39, 0.29) is 5.91 Å². The normalized spacial score (nSPS) is 30.7. The highest BCUT2D eigenvalue weighted by molar-refractivity contribution is 7.10. The van der Waals surface area contributed by atoms with Gasteiger partial charge in [0, 0.05) is 24.0 Å². The molecule has 2 fully saturated rings. The summed E-state index contributed by atoms with van der Waals surface area (Å²) in [7, 11) is 0. The first-order valence-corrected chi connectivity index (χ1v) is 7.97. The van der Waals surface area contributed by atoms with Gasteiger partial charge in [0.25, 0.3) is 0 Å². The van der Waals surface area contributed by atoms with Gasteiger partial charge in [-0.1, -0.05) is 6.07 Å². The monoisotopic (exact) mass is 278 g/mol. The molecule has 1 amide bonds. The molecule has 1 aliphatic carbocycles. The number of rotatable bonds is 2. The van der Waals surface area contributed by atoms with Gasteiger partial charge in [0.05, 0.1) is 5.41 Å². The summed E-state index contributed by atoms with van der Waals surface area (Å²) in [5.74, 6) is 1.43. The number of hydrogen-bond donors (Lipinski definition) is 1. The molecule has 1 saturated carbocycles. The van der Waals surface area contributed by atoms with Crippen LogP contribution >= 0.6 is 11.3 Å². The summed E-state index contributed by atoms with van der Waals surface area (Å²) < 4.78 is 0. The summed E-state index contributed by atoms with van der Waals surface area (Å²) in [6.45, 7) is 5.84. The number of hydrogen-bond acceptors (Lipinski definition) is 3. The fraction of sp³-hybridized carbons (Fsp3) is 0.667. The Bertz CT molecular complexity index is 468. The number of nitrogens with zero attached hydrogens (tertiary/aromatic N) is 1. The molecule has 1 aliphatic heterocycles. The first-order valence-electron chi connectivity index (χ1n) is 7.09. The SMILES string of the molecule is CC(C)(C(=O)N1CC2CCC(N)C2C1)c1cccs1. The summed E-state index contributed by atoms with van der Waals surface area (Å²) in [4.78, 5) is 16.0. The average molecular weight is 278 g/mol. The van der Waals surface area contributed by atoms with Crippen molar-refractivity contribution in [2.45, 2.75) is 38.1 Å². The summed E-state index contributed by atoms with van der Waals surface area (Å²) >= 11 is 1.67. The molecule has 0 radical (unpaired) electrons. The zero-order chi connectivity index (χ0) is 13.6. The molecular formula is C15H22N2OS. The van der Waals surface area contributed by atoms with E-state index in [1.54, 1.807) is 11.3 Å². The number of amides is 1. The summed E-state index contributed by atoms with van der Waals surface area (Å²) in [6, 6.07) is 4.38. The molecule has 1 aromatic rings. The second-order valence-electron chi connectivity index (χ2n) is 6.48. The summed E-state index contributed by atoms with van der Waals surface area (Å²) in [5.41, 5.74) is 5.74. The highest BCUT2D eigenvalue weighted by Crippen LogP contribution is 2.39. The third-order valence-electron chi connectivity index (χ3n) is 4.87. The van der Waals surface area contributed by atoms with Gasteiger partial charge in [-0.25, -0.2) is 0 Å². The predicted octanol–water partition coefficient (Wildman–Crippen LogP) is 2.22. The molecule has 0 aromatic carbocycles. The molecule has 1 aromatic heterocycles. The Balaban J connectivity index is 1.75. The van der Waals surface area contributed by atoms with Crippen LogP contribution in [-0.2, 0) is 10.2 Å². The first-order chi connectivity index (χ1) is 9.00. The number of likely N-dealkylation sites (tertiary alicyclic amines) is 1. The average Bonchev–Trinajstić information content (AvgIpc) is 3.06. The Morgan fingerprint density at radius 1 is 1.42 bits per heavy atom. The minimum absolute atomic E-state index is 0.261. The van der Waals surface area contributed by atoms with Crippen LogP contribution in [0.3, 0.4) is 0 Å². The molecule has 104 valence electrons. The lowest BCUT2D eigenvalue weighted by atomic mass is 9.89. The van der Waals surface area contributed by atoms with Crippen molar-refractivity contribution in [2.24, 2.45) is 17.6 Å². The largest absolute Gasteiger partial charge is 0.341 e. The Kier molecular flexibility index (Phi) is 3.18. The van der Waals surface area contributed by atoms with Gasteiger partial charge in [-0.3, -0.25) is 4.79 Å². The minimum atomic E-state index is -0.406. The lowest BCUT2D eigenvalue weighted by Crippen LogP contribution is -2.43. The Morgan fingerprint density at radius 3 is 2.84 bits per heavy atom. The quantitative estimate of drug-likeness (QED) is 0.901. The molecule has 0 spiro atoms. The van der Waals surface area contributed by atoms with E-state index in [9.17, 15) is 4.79 Å². The Labute approximate surface area is 118 Å². The fourth-order valence-electron chi connectivity index (χ4n) is 3.61. The van der Waals surface area contributed by atoms with Gasteiger partial charge in [0.15, 0.2) is 0 Å². The summed E-state index contributed by atoms with van der Waals surface area (Å²) in [6.07, 6.45) is 2.32. The van der Waals surface area contributed by atoms with Crippen LogP contribution in [0.15, 0.2) is 17.5 Å². The molecule has 3 rings (SSSR count). The molecule has 3 unspecified atom stereocenters. The molecule has 2 N–H and O–H groups in total. The number of carbonyl (C=O) groups is 1. The van der Waals surface area contributed by atoms with Crippen LogP contribution in [0.2, 0.25) is 0 Å². The van der Waals surface area contributed by atoms with Crippen molar-refractivity contribution < 1.29 is 4.79 Å². The van der Waals surface area contributed by atoms with Crippen LogP contribution in [0.25, 0.3) is 0 Å². The molecule has 2 heterocycles.